The van der Waals surface area contributed by atoms with Crippen LogP contribution >= 0.6 is 0 Å². The first kappa shape index (κ1) is 23.9. The molecular formula is C27H39NO5Si. The minimum atomic E-state index is -2.20. The topological polar surface area (TPSA) is 57.2 Å². The summed E-state index contributed by atoms with van der Waals surface area (Å²) in [4.78, 5) is 15.0. The normalized spacial score (nSPS) is 27.8. The van der Waals surface area contributed by atoms with Gasteiger partial charge < -0.3 is 18.6 Å². The quantitative estimate of drug-likeness (QED) is 0.300. The third kappa shape index (κ3) is 3.62. The molecule has 0 radical (unpaired) electrons. The molecule has 6 nitrogen and oxygen atoms in total. The Bertz CT molecular complexity index is 981. The molecule has 3 heterocycles. The maximum Gasteiger partial charge on any atom is 0.303 e. The molecule has 1 fully saturated rings. The van der Waals surface area contributed by atoms with E-state index in [9.17, 15) is 4.79 Å². The van der Waals surface area contributed by atoms with Gasteiger partial charge in [0.15, 0.2) is 11.5 Å². The lowest BCUT2D eigenvalue weighted by atomic mass is 9.73. The van der Waals surface area contributed by atoms with E-state index in [-0.39, 0.29) is 36.9 Å². The van der Waals surface area contributed by atoms with Gasteiger partial charge >= 0.3 is 5.97 Å². The van der Waals surface area contributed by atoms with Crippen LogP contribution in [-0.4, -0.2) is 50.8 Å². The molecule has 1 aromatic rings. The van der Waals surface area contributed by atoms with Gasteiger partial charge in [-0.2, -0.15) is 0 Å². The van der Waals surface area contributed by atoms with Crippen molar-refractivity contribution in [2.45, 2.75) is 102 Å². The van der Waals surface area contributed by atoms with Crippen LogP contribution in [0.1, 0.15) is 71.9 Å². The second kappa shape index (κ2) is 8.68. The first-order chi connectivity index (χ1) is 16.1. The van der Waals surface area contributed by atoms with Crippen LogP contribution in [0, 0.1) is 0 Å². The molecule has 1 aromatic carbocycles. The van der Waals surface area contributed by atoms with Crippen LogP contribution in [0.3, 0.4) is 0 Å². The van der Waals surface area contributed by atoms with Gasteiger partial charge in [-0.3, -0.25) is 9.69 Å². The molecule has 1 saturated heterocycles. The van der Waals surface area contributed by atoms with E-state index in [0.717, 1.165) is 31.0 Å². The number of esters is 1. The minimum Gasteiger partial charge on any atom is -0.459 e. The Morgan fingerprint density at radius 1 is 1.06 bits per heavy atom. The Morgan fingerprint density at radius 3 is 2.32 bits per heavy atom. The number of carbonyl (C=O) groups excluding carboxylic acids is 1. The van der Waals surface area contributed by atoms with Crippen molar-refractivity contribution in [1.82, 2.24) is 4.90 Å². The van der Waals surface area contributed by atoms with Gasteiger partial charge in [0, 0.05) is 32.0 Å². The van der Waals surface area contributed by atoms with Crippen LogP contribution in [0.4, 0.5) is 0 Å². The van der Waals surface area contributed by atoms with E-state index in [4.69, 9.17) is 18.6 Å². The molecule has 7 heteroatoms. The second-order valence-electron chi connectivity index (χ2n) is 11.3. The summed E-state index contributed by atoms with van der Waals surface area (Å²) >= 11 is 0. The summed E-state index contributed by atoms with van der Waals surface area (Å²) in [6.45, 7) is 17.5. The van der Waals surface area contributed by atoms with E-state index in [1.807, 2.05) is 0 Å². The first-order valence-corrected chi connectivity index (χ1v) is 15.0. The molecule has 0 amide bonds. The third-order valence-electron chi connectivity index (χ3n) is 8.57. The average molecular weight is 486 g/mol. The number of hydrogen-bond donors (Lipinski definition) is 0. The minimum absolute atomic E-state index is 0.0211. The molecule has 3 aliphatic heterocycles. The fourth-order valence-electron chi connectivity index (χ4n) is 7.39. The fourth-order valence-corrected chi connectivity index (χ4v) is 12.9. The summed E-state index contributed by atoms with van der Waals surface area (Å²) in [5.41, 5.74) is 5.24. The average Bonchev–Trinajstić information content (AvgIpc) is 3.37. The van der Waals surface area contributed by atoms with E-state index >= 15 is 0 Å². The molecule has 0 aromatic heterocycles. The summed E-state index contributed by atoms with van der Waals surface area (Å²) in [5, 5.41) is 0. The van der Waals surface area contributed by atoms with Crippen molar-refractivity contribution < 1.29 is 23.4 Å². The zero-order chi connectivity index (χ0) is 24.4. The van der Waals surface area contributed by atoms with Crippen molar-refractivity contribution in [3.63, 3.8) is 0 Å². The Hall–Kier alpha value is -1.83. The zero-order valence-electron chi connectivity index (χ0n) is 21.6. The molecule has 0 bridgehead atoms. The van der Waals surface area contributed by atoms with Gasteiger partial charge in [0.2, 0.25) is 15.1 Å². The highest BCUT2D eigenvalue weighted by molar-refractivity contribution is 6.77. The molecule has 5 rings (SSSR count). The van der Waals surface area contributed by atoms with E-state index in [2.05, 4.69) is 64.7 Å². The van der Waals surface area contributed by atoms with Gasteiger partial charge in [-0.1, -0.05) is 53.2 Å². The number of hydrogen-bond acceptors (Lipinski definition) is 6. The Kier molecular flexibility index (Phi) is 6.10. The summed E-state index contributed by atoms with van der Waals surface area (Å²) in [6, 6.07) is 4.50. The van der Waals surface area contributed by atoms with Crippen molar-refractivity contribution in [2.75, 3.05) is 13.3 Å². The van der Waals surface area contributed by atoms with Crippen molar-refractivity contribution in [3.05, 3.63) is 34.9 Å². The van der Waals surface area contributed by atoms with E-state index in [0.29, 0.717) is 16.6 Å². The molecular weight excluding hydrogens is 446 g/mol. The van der Waals surface area contributed by atoms with Crippen LogP contribution < -0.4 is 9.47 Å². The number of rotatable bonds is 6. The molecule has 0 spiro atoms. The van der Waals surface area contributed by atoms with E-state index in [1.54, 1.807) is 0 Å². The SMILES string of the molecule is CC(=O)O[C@H]1[C@H]2c3cc4c(cc3CN3CCC(=C[C@@H]1O[Si](C(C)C)(C(C)C)C(C)C)[C@H]23)OCO4. The maximum atomic E-state index is 12.4. The van der Waals surface area contributed by atoms with Crippen LogP contribution in [0.2, 0.25) is 16.6 Å². The summed E-state index contributed by atoms with van der Waals surface area (Å²) in [7, 11) is -2.20. The molecule has 4 atom stereocenters. The molecule has 0 N–H and O–H groups in total. The van der Waals surface area contributed by atoms with Crippen LogP contribution in [0.15, 0.2) is 23.8 Å². The Labute approximate surface area is 204 Å². The summed E-state index contributed by atoms with van der Waals surface area (Å²) in [5.74, 6) is 1.37. The number of carbonyl (C=O) groups is 1. The third-order valence-corrected chi connectivity index (χ3v) is 14.7. The van der Waals surface area contributed by atoms with Crippen molar-refractivity contribution >= 4 is 14.3 Å². The highest BCUT2D eigenvalue weighted by atomic mass is 28.4. The van der Waals surface area contributed by atoms with Gasteiger partial charge in [0.1, 0.15) is 12.2 Å². The van der Waals surface area contributed by atoms with Crippen molar-refractivity contribution in [2.24, 2.45) is 0 Å². The zero-order valence-corrected chi connectivity index (χ0v) is 22.6. The molecule has 1 aliphatic carbocycles. The summed E-state index contributed by atoms with van der Waals surface area (Å²) < 4.78 is 24.9. The van der Waals surface area contributed by atoms with Crippen molar-refractivity contribution in [1.29, 1.82) is 0 Å². The predicted molar refractivity (Wildman–Crippen MR) is 134 cm³/mol. The smallest absolute Gasteiger partial charge is 0.303 e. The Morgan fingerprint density at radius 2 is 1.71 bits per heavy atom. The van der Waals surface area contributed by atoms with Crippen LogP contribution in [0.5, 0.6) is 11.5 Å². The highest BCUT2D eigenvalue weighted by Crippen LogP contribution is 2.52. The predicted octanol–water partition coefficient (Wildman–Crippen LogP) is 5.52. The maximum absolute atomic E-state index is 12.4. The van der Waals surface area contributed by atoms with Gasteiger partial charge in [-0.25, -0.2) is 0 Å². The largest absolute Gasteiger partial charge is 0.459 e. The number of benzene rings is 1. The van der Waals surface area contributed by atoms with Gasteiger partial charge in [-0.15, -0.1) is 0 Å². The first-order valence-electron chi connectivity index (χ1n) is 12.9. The molecule has 0 saturated carbocycles. The highest BCUT2D eigenvalue weighted by Gasteiger charge is 2.54. The van der Waals surface area contributed by atoms with Crippen LogP contribution in [-0.2, 0) is 20.5 Å². The standard InChI is InChI=1S/C27H39NO5Si/c1-15(2)34(16(3)4,17(5)6)33-24-10-19-8-9-28-13-20-11-22-23(31-14-30-22)12-21(20)25(26(19)28)27(24)32-18(7)29/h10-12,15-17,24-27H,8-9,13-14H2,1-7H3/t24-,25-,26+,27+/m0/s1. The Balaban J connectivity index is 1.63. The number of ether oxygens (including phenoxy) is 3. The lowest BCUT2D eigenvalue weighted by Crippen LogP contribution is -2.57. The van der Waals surface area contributed by atoms with Gasteiger partial charge in [-0.05, 0) is 46.3 Å². The van der Waals surface area contributed by atoms with E-state index in [1.165, 1.54) is 23.6 Å². The monoisotopic (exact) mass is 485 g/mol. The van der Waals surface area contributed by atoms with Crippen LogP contribution in [0.25, 0.3) is 0 Å². The molecule has 34 heavy (non-hydrogen) atoms. The lowest BCUT2D eigenvalue weighted by Gasteiger charge is -2.50. The molecule has 4 aliphatic rings. The number of fused-ring (bicyclic) bond motifs is 3. The fraction of sp³-hybridized carbons (Fsp3) is 0.667. The lowest BCUT2D eigenvalue weighted by molar-refractivity contribution is -0.153. The number of nitrogens with zero attached hydrogens (tertiary/aromatic N) is 1. The summed E-state index contributed by atoms with van der Waals surface area (Å²) in [6.07, 6.45) is 2.75. The second-order valence-corrected chi connectivity index (χ2v) is 16.7. The molecule has 0 unspecified atom stereocenters. The molecule has 186 valence electrons. The van der Waals surface area contributed by atoms with Gasteiger partial charge in [0.05, 0.1) is 0 Å². The van der Waals surface area contributed by atoms with E-state index < -0.39 is 8.32 Å². The van der Waals surface area contributed by atoms with Gasteiger partial charge in [0.25, 0.3) is 0 Å². The van der Waals surface area contributed by atoms with Crippen molar-refractivity contribution in [3.8, 4) is 11.5 Å².